The molecule has 1 aliphatic rings. The van der Waals surface area contributed by atoms with Crippen molar-refractivity contribution in [2.45, 2.75) is 38.1 Å². The minimum absolute atomic E-state index is 0.457. The first-order valence-electron chi connectivity index (χ1n) is 16.0. The van der Waals surface area contributed by atoms with Gasteiger partial charge in [0.1, 0.15) is 0 Å². The van der Waals surface area contributed by atoms with E-state index in [1.165, 1.54) is 65.0 Å². The largest absolute Gasteiger partial charge is 0.337 e. The summed E-state index contributed by atoms with van der Waals surface area (Å²) in [5.74, 6) is 0.616. The highest BCUT2D eigenvalue weighted by Gasteiger charge is 2.22. The van der Waals surface area contributed by atoms with Crippen molar-refractivity contribution in [3.05, 3.63) is 162 Å². The zero-order valence-corrected chi connectivity index (χ0v) is 27.5. The molecule has 1 aliphatic carbocycles. The third-order valence-corrected chi connectivity index (χ3v) is 9.54. The van der Waals surface area contributed by atoms with Gasteiger partial charge in [-0.25, -0.2) is 9.98 Å². The van der Waals surface area contributed by atoms with E-state index < -0.39 is 0 Å². The molecule has 1 saturated carbocycles. The Hall–Kier alpha value is -4.80. The number of amidine groups is 1. The molecule has 1 heterocycles. The summed E-state index contributed by atoms with van der Waals surface area (Å²) in [6.45, 7) is 8.44. The van der Waals surface area contributed by atoms with E-state index in [0.29, 0.717) is 17.6 Å². The predicted octanol–water partition coefficient (Wildman–Crippen LogP) is 11.8. The fraction of sp³-hybridized carbons (Fsp3) is 0.143. The average molecular weight is 663 g/mol. The van der Waals surface area contributed by atoms with E-state index in [9.17, 15) is 0 Å². The zero-order chi connectivity index (χ0) is 31.5. The van der Waals surface area contributed by atoms with Gasteiger partial charge in [0, 0.05) is 37.9 Å². The minimum Gasteiger partial charge on any atom is -0.337 e. The second-order valence-electron chi connectivity index (χ2n) is 11.9. The third-order valence-electron chi connectivity index (χ3n) is 9.02. The van der Waals surface area contributed by atoms with E-state index in [2.05, 4.69) is 106 Å². The van der Waals surface area contributed by atoms with Gasteiger partial charge in [0.25, 0.3) is 0 Å². The van der Waals surface area contributed by atoms with Crippen molar-refractivity contribution in [3.8, 4) is 11.1 Å². The number of rotatable bonds is 7. The number of allylic oxidation sites excluding steroid dienone is 1. The van der Waals surface area contributed by atoms with Gasteiger partial charge >= 0.3 is 0 Å². The quantitative estimate of drug-likeness (QED) is 0.120. The van der Waals surface area contributed by atoms with Gasteiger partial charge in [-0.05, 0) is 65.9 Å². The normalized spacial score (nSPS) is 14.5. The van der Waals surface area contributed by atoms with E-state index in [4.69, 9.17) is 9.98 Å². The standard InChI is InChI=1S/C42H36BrN3/c1-3-39(32-15-9-5-10-16-32)45-42(44-29(2)30-13-7-4-8-14-30)34-21-25-37-38-27-33(31-19-23-35(43)24-20-31)22-26-40(38)46(41(37)28-34)36-17-11-6-12-18-36/h3-5,7-10,13-16,19-28,36H,1-2,6,11-12,17-18H2. The number of aliphatic imine (C=N–C) groups is 2. The van der Waals surface area contributed by atoms with Crippen LogP contribution in [0.5, 0.6) is 0 Å². The number of nitrogens with zero attached hydrogens (tertiary/aromatic N) is 3. The van der Waals surface area contributed by atoms with Gasteiger partial charge < -0.3 is 4.57 Å². The lowest BCUT2D eigenvalue weighted by atomic mass is 9.95. The number of fused-ring (bicyclic) bond motifs is 3. The molecule has 226 valence electrons. The summed E-state index contributed by atoms with van der Waals surface area (Å²) in [5, 5.41) is 2.53. The highest BCUT2D eigenvalue weighted by Crippen LogP contribution is 2.40. The number of hydrogen-bond acceptors (Lipinski definition) is 1. The van der Waals surface area contributed by atoms with Gasteiger partial charge in [-0.2, -0.15) is 0 Å². The van der Waals surface area contributed by atoms with Crippen molar-refractivity contribution in [2.24, 2.45) is 9.98 Å². The first kappa shape index (κ1) is 29.9. The molecule has 0 radical (unpaired) electrons. The van der Waals surface area contributed by atoms with Crippen molar-refractivity contribution >= 4 is 55.0 Å². The summed E-state index contributed by atoms with van der Waals surface area (Å²) < 4.78 is 3.68. The lowest BCUT2D eigenvalue weighted by molar-refractivity contribution is 0.367. The summed E-state index contributed by atoms with van der Waals surface area (Å²) in [6.07, 6.45) is 8.01. The molecular formula is C42H36BrN3. The molecule has 0 saturated heterocycles. The second-order valence-corrected chi connectivity index (χ2v) is 12.9. The Morgan fingerprint density at radius 3 is 2.02 bits per heavy atom. The minimum atomic E-state index is 0.457. The number of hydrogen-bond donors (Lipinski definition) is 0. The Labute approximate surface area is 279 Å². The molecule has 0 amide bonds. The lowest BCUT2D eigenvalue weighted by Crippen LogP contribution is -2.12. The van der Waals surface area contributed by atoms with Crippen LogP contribution in [0.1, 0.15) is 54.8 Å². The van der Waals surface area contributed by atoms with Gasteiger partial charge in [0.05, 0.1) is 16.9 Å². The molecule has 4 heteroatoms. The lowest BCUT2D eigenvalue weighted by Gasteiger charge is -2.25. The third kappa shape index (κ3) is 6.05. The van der Waals surface area contributed by atoms with Crippen LogP contribution in [0.2, 0.25) is 0 Å². The van der Waals surface area contributed by atoms with Gasteiger partial charge in [0.2, 0.25) is 0 Å². The van der Waals surface area contributed by atoms with Gasteiger partial charge in [-0.3, -0.25) is 0 Å². The molecule has 7 rings (SSSR count). The molecule has 0 N–H and O–H groups in total. The van der Waals surface area contributed by atoms with E-state index in [1.807, 2.05) is 48.5 Å². The summed E-state index contributed by atoms with van der Waals surface area (Å²) in [6, 6.07) is 42.9. The topological polar surface area (TPSA) is 29.6 Å². The first-order chi connectivity index (χ1) is 22.6. The van der Waals surface area contributed by atoms with Crippen LogP contribution >= 0.6 is 15.9 Å². The van der Waals surface area contributed by atoms with Crippen LogP contribution in [0.4, 0.5) is 0 Å². The van der Waals surface area contributed by atoms with E-state index in [-0.39, 0.29) is 0 Å². The molecule has 6 aromatic rings. The fourth-order valence-electron chi connectivity index (χ4n) is 6.67. The summed E-state index contributed by atoms with van der Waals surface area (Å²) in [4.78, 5) is 10.2. The molecule has 3 nitrogen and oxygen atoms in total. The van der Waals surface area contributed by atoms with Crippen LogP contribution in [0.15, 0.2) is 155 Å². The highest BCUT2D eigenvalue weighted by atomic mass is 79.9. The van der Waals surface area contributed by atoms with E-state index in [0.717, 1.165) is 26.9 Å². The first-order valence-corrected chi connectivity index (χ1v) is 16.8. The Kier molecular flexibility index (Phi) is 8.63. The Morgan fingerprint density at radius 1 is 0.652 bits per heavy atom. The van der Waals surface area contributed by atoms with Crippen molar-refractivity contribution in [2.75, 3.05) is 0 Å². The smallest absolute Gasteiger partial charge is 0.160 e. The maximum Gasteiger partial charge on any atom is 0.160 e. The van der Waals surface area contributed by atoms with Crippen molar-refractivity contribution in [3.63, 3.8) is 0 Å². The molecule has 0 atom stereocenters. The summed E-state index contributed by atoms with van der Waals surface area (Å²) >= 11 is 3.58. The van der Waals surface area contributed by atoms with Gasteiger partial charge in [0.15, 0.2) is 5.84 Å². The molecule has 0 unspecified atom stereocenters. The van der Waals surface area contributed by atoms with Gasteiger partial charge in [-0.1, -0.05) is 139 Å². The van der Waals surface area contributed by atoms with Crippen LogP contribution in [0.3, 0.4) is 0 Å². The Balaban J connectivity index is 1.43. The van der Waals surface area contributed by atoms with Crippen LogP contribution in [-0.2, 0) is 0 Å². The van der Waals surface area contributed by atoms with Crippen LogP contribution < -0.4 is 0 Å². The molecule has 1 aromatic heterocycles. The fourth-order valence-corrected chi connectivity index (χ4v) is 6.94. The molecule has 1 fully saturated rings. The Bertz CT molecular complexity index is 2100. The molecule has 0 spiro atoms. The zero-order valence-electron chi connectivity index (χ0n) is 25.9. The maximum absolute atomic E-state index is 5.14. The monoisotopic (exact) mass is 661 g/mol. The predicted molar refractivity (Wildman–Crippen MR) is 200 cm³/mol. The van der Waals surface area contributed by atoms with E-state index >= 15 is 0 Å². The SMILES string of the molecule is C=CC(=NC(=NC(=C)c1ccccc1)c1ccc2c3cc(-c4ccc(Br)cc4)ccc3n(C3CCCCC3)c2c1)c1ccccc1. The average Bonchev–Trinajstić information content (AvgIpc) is 3.44. The van der Waals surface area contributed by atoms with E-state index in [1.54, 1.807) is 6.08 Å². The maximum atomic E-state index is 5.14. The number of aromatic nitrogens is 1. The Morgan fingerprint density at radius 2 is 1.33 bits per heavy atom. The summed E-state index contributed by atoms with van der Waals surface area (Å²) in [7, 11) is 0. The molecule has 46 heavy (non-hydrogen) atoms. The molecule has 0 bridgehead atoms. The molecule has 0 aliphatic heterocycles. The van der Waals surface area contributed by atoms with Crippen LogP contribution in [0.25, 0.3) is 38.6 Å². The molecular weight excluding hydrogens is 626 g/mol. The van der Waals surface area contributed by atoms with Crippen molar-refractivity contribution < 1.29 is 0 Å². The highest BCUT2D eigenvalue weighted by molar-refractivity contribution is 9.10. The van der Waals surface area contributed by atoms with Crippen molar-refractivity contribution in [1.82, 2.24) is 4.57 Å². The number of halogens is 1. The number of benzene rings is 5. The second kappa shape index (κ2) is 13.3. The summed E-state index contributed by atoms with van der Waals surface area (Å²) in [5.41, 5.74) is 9.29. The van der Waals surface area contributed by atoms with Crippen molar-refractivity contribution in [1.29, 1.82) is 0 Å². The molecule has 5 aromatic carbocycles. The van der Waals surface area contributed by atoms with Crippen LogP contribution in [-0.4, -0.2) is 16.1 Å². The van der Waals surface area contributed by atoms with Crippen LogP contribution in [0, 0.1) is 0 Å². The van der Waals surface area contributed by atoms with Gasteiger partial charge in [-0.15, -0.1) is 0 Å².